The summed E-state index contributed by atoms with van der Waals surface area (Å²) in [4.78, 5) is 0. The molecule has 0 N–H and O–H groups in total. The Hall–Kier alpha value is -1.63. The fourth-order valence-electron chi connectivity index (χ4n) is 5.74. The van der Waals surface area contributed by atoms with Crippen LogP contribution in [0.25, 0.3) is 11.1 Å². The minimum atomic E-state index is -0.137. The first-order chi connectivity index (χ1) is 14.3. The van der Waals surface area contributed by atoms with Gasteiger partial charge in [0.15, 0.2) is 0 Å². The first-order valence-corrected chi connectivity index (χ1v) is 12.0. The molecule has 0 bridgehead atoms. The SMILES string of the molecule is CCC[C@H]1CC[C@H](c2ccc(-c3ccc([C@H]4CC[C@H](CF)CC4)cc3)cc2)CC1. The lowest BCUT2D eigenvalue weighted by molar-refractivity contribution is 0.263. The molecule has 0 unspecified atom stereocenters. The summed E-state index contributed by atoms with van der Waals surface area (Å²) in [5, 5.41) is 0. The van der Waals surface area contributed by atoms with Gasteiger partial charge in [-0.1, -0.05) is 68.3 Å². The van der Waals surface area contributed by atoms with Crippen LogP contribution in [0.3, 0.4) is 0 Å². The van der Waals surface area contributed by atoms with Crippen LogP contribution in [0.1, 0.15) is 94.1 Å². The van der Waals surface area contributed by atoms with Crippen LogP contribution < -0.4 is 0 Å². The lowest BCUT2D eigenvalue weighted by Crippen LogP contribution is -2.14. The molecule has 0 radical (unpaired) electrons. The van der Waals surface area contributed by atoms with Gasteiger partial charge in [-0.05, 0) is 97.3 Å². The Morgan fingerprint density at radius 2 is 1.03 bits per heavy atom. The van der Waals surface area contributed by atoms with Crippen LogP contribution in [0.2, 0.25) is 0 Å². The number of hydrogen-bond donors (Lipinski definition) is 0. The first kappa shape index (κ1) is 20.6. The van der Waals surface area contributed by atoms with Crippen molar-refractivity contribution in [1.82, 2.24) is 0 Å². The van der Waals surface area contributed by atoms with Crippen LogP contribution in [0, 0.1) is 11.8 Å². The third-order valence-corrected chi connectivity index (χ3v) is 7.71. The van der Waals surface area contributed by atoms with E-state index < -0.39 is 0 Å². The minimum Gasteiger partial charge on any atom is -0.251 e. The van der Waals surface area contributed by atoms with Crippen LogP contribution in [0.4, 0.5) is 4.39 Å². The molecule has 0 atom stereocenters. The van der Waals surface area contributed by atoms with Crippen LogP contribution in [0.5, 0.6) is 0 Å². The summed E-state index contributed by atoms with van der Waals surface area (Å²) < 4.78 is 12.8. The third kappa shape index (κ3) is 5.11. The number of rotatable bonds is 6. The second-order valence-corrected chi connectivity index (χ2v) is 9.62. The van der Waals surface area contributed by atoms with Gasteiger partial charge >= 0.3 is 0 Å². The largest absolute Gasteiger partial charge is 0.251 e. The highest BCUT2D eigenvalue weighted by Crippen LogP contribution is 2.39. The molecule has 1 heteroatoms. The molecule has 2 aliphatic carbocycles. The highest BCUT2D eigenvalue weighted by atomic mass is 19.1. The van der Waals surface area contributed by atoms with Gasteiger partial charge in [-0.2, -0.15) is 0 Å². The van der Waals surface area contributed by atoms with Gasteiger partial charge in [0.25, 0.3) is 0 Å². The highest BCUT2D eigenvalue weighted by Gasteiger charge is 2.23. The van der Waals surface area contributed by atoms with Crippen LogP contribution >= 0.6 is 0 Å². The molecule has 29 heavy (non-hydrogen) atoms. The Labute approximate surface area is 176 Å². The normalized spacial score (nSPS) is 27.7. The topological polar surface area (TPSA) is 0 Å². The van der Waals surface area contributed by atoms with Crippen molar-refractivity contribution in [2.75, 3.05) is 6.67 Å². The van der Waals surface area contributed by atoms with Crippen LogP contribution in [-0.4, -0.2) is 6.67 Å². The quantitative estimate of drug-likeness (QED) is 0.461. The van der Waals surface area contributed by atoms with E-state index in [1.54, 1.807) is 0 Å². The van der Waals surface area contributed by atoms with Crippen molar-refractivity contribution in [2.24, 2.45) is 11.8 Å². The summed E-state index contributed by atoms with van der Waals surface area (Å²) >= 11 is 0. The molecule has 2 aromatic rings. The maximum Gasteiger partial charge on any atom is 0.0922 e. The number of alkyl halides is 1. The van der Waals surface area contributed by atoms with Crippen molar-refractivity contribution in [3.8, 4) is 11.1 Å². The van der Waals surface area contributed by atoms with Crippen molar-refractivity contribution >= 4 is 0 Å². The molecule has 0 aromatic heterocycles. The van der Waals surface area contributed by atoms with Gasteiger partial charge in [0.05, 0.1) is 6.67 Å². The van der Waals surface area contributed by atoms with E-state index in [1.807, 2.05) is 0 Å². The molecule has 2 fully saturated rings. The monoisotopic (exact) mass is 392 g/mol. The lowest BCUT2D eigenvalue weighted by atomic mass is 9.77. The fourth-order valence-corrected chi connectivity index (χ4v) is 5.74. The van der Waals surface area contributed by atoms with Gasteiger partial charge in [-0.25, -0.2) is 0 Å². The zero-order chi connectivity index (χ0) is 20.1. The Morgan fingerprint density at radius 3 is 1.41 bits per heavy atom. The van der Waals surface area contributed by atoms with E-state index in [9.17, 15) is 4.39 Å². The van der Waals surface area contributed by atoms with Crippen molar-refractivity contribution in [3.63, 3.8) is 0 Å². The number of benzene rings is 2. The summed E-state index contributed by atoms with van der Waals surface area (Å²) in [5.74, 6) is 2.67. The molecule has 0 nitrogen and oxygen atoms in total. The molecule has 0 spiro atoms. The van der Waals surface area contributed by atoms with Crippen molar-refractivity contribution < 1.29 is 4.39 Å². The Kier molecular flexibility index (Phi) is 7.06. The highest BCUT2D eigenvalue weighted by molar-refractivity contribution is 5.64. The molecule has 2 aliphatic rings. The first-order valence-electron chi connectivity index (χ1n) is 12.0. The van der Waals surface area contributed by atoms with Crippen molar-refractivity contribution in [3.05, 3.63) is 59.7 Å². The molecule has 0 heterocycles. The minimum absolute atomic E-state index is 0.137. The second-order valence-electron chi connectivity index (χ2n) is 9.62. The second kappa shape index (κ2) is 9.92. The van der Waals surface area contributed by atoms with E-state index in [0.29, 0.717) is 11.8 Å². The summed E-state index contributed by atoms with van der Waals surface area (Å²) in [6.07, 6.45) is 12.7. The molecule has 156 valence electrons. The summed E-state index contributed by atoms with van der Waals surface area (Å²) in [6.45, 7) is 2.18. The van der Waals surface area contributed by atoms with Gasteiger partial charge in [0.2, 0.25) is 0 Å². The van der Waals surface area contributed by atoms with Crippen LogP contribution in [-0.2, 0) is 0 Å². The molecule has 0 aliphatic heterocycles. The molecule has 2 aromatic carbocycles. The van der Waals surface area contributed by atoms with E-state index in [0.717, 1.165) is 37.5 Å². The maximum atomic E-state index is 12.8. The Morgan fingerprint density at radius 1 is 0.621 bits per heavy atom. The van der Waals surface area contributed by atoms with Gasteiger partial charge in [0.1, 0.15) is 0 Å². The van der Waals surface area contributed by atoms with Gasteiger partial charge in [-0.3, -0.25) is 4.39 Å². The predicted octanol–water partition coefficient (Wildman–Crippen LogP) is 8.67. The van der Waals surface area contributed by atoms with E-state index in [1.165, 1.54) is 60.8 Å². The third-order valence-electron chi connectivity index (χ3n) is 7.71. The average molecular weight is 393 g/mol. The van der Waals surface area contributed by atoms with E-state index >= 15 is 0 Å². The predicted molar refractivity (Wildman–Crippen MR) is 122 cm³/mol. The molecular weight excluding hydrogens is 355 g/mol. The average Bonchev–Trinajstić information content (AvgIpc) is 2.80. The molecule has 0 amide bonds. The van der Waals surface area contributed by atoms with Gasteiger partial charge in [0, 0.05) is 0 Å². The fraction of sp³-hybridized carbons (Fsp3) is 0.571. The van der Waals surface area contributed by atoms with Crippen molar-refractivity contribution in [2.45, 2.75) is 83.0 Å². The number of halogens is 1. The summed E-state index contributed by atoms with van der Waals surface area (Å²) in [5.41, 5.74) is 5.60. The van der Waals surface area contributed by atoms with Gasteiger partial charge < -0.3 is 0 Å². The smallest absolute Gasteiger partial charge is 0.0922 e. The van der Waals surface area contributed by atoms with Crippen LogP contribution in [0.15, 0.2) is 48.5 Å². The zero-order valence-electron chi connectivity index (χ0n) is 18.1. The Bertz CT molecular complexity index is 729. The molecule has 0 saturated heterocycles. The maximum absolute atomic E-state index is 12.8. The zero-order valence-corrected chi connectivity index (χ0v) is 18.1. The lowest BCUT2D eigenvalue weighted by Gasteiger charge is -2.28. The number of hydrogen-bond acceptors (Lipinski definition) is 0. The van der Waals surface area contributed by atoms with Gasteiger partial charge in [-0.15, -0.1) is 0 Å². The summed E-state index contributed by atoms with van der Waals surface area (Å²) in [7, 11) is 0. The Balaban J connectivity index is 1.36. The molecule has 4 rings (SSSR count). The summed E-state index contributed by atoms with van der Waals surface area (Å²) in [6, 6.07) is 18.5. The standard InChI is InChI=1S/C28H37F/c1-2-3-21-4-8-23(9-5-21)25-12-16-27(17-13-25)28-18-14-26(15-19-28)24-10-6-22(20-29)7-11-24/h12-19,21-24H,2-11,20H2,1H3/t21-,22-,23-,24-. The van der Waals surface area contributed by atoms with Crippen molar-refractivity contribution in [1.29, 1.82) is 0 Å². The molecule has 2 saturated carbocycles. The van der Waals surface area contributed by atoms with E-state index in [-0.39, 0.29) is 6.67 Å². The molecular formula is C28H37F. The van der Waals surface area contributed by atoms with E-state index in [4.69, 9.17) is 0 Å². The van der Waals surface area contributed by atoms with E-state index in [2.05, 4.69) is 55.5 Å².